The summed E-state index contributed by atoms with van der Waals surface area (Å²) in [5, 5.41) is 7.74. The molecule has 0 N–H and O–H groups in total. The summed E-state index contributed by atoms with van der Waals surface area (Å²) in [4.78, 5) is 5.63. The fourth-order valence-electron chi connectivity index (χ4n) is 8.07. The Hall–Kier alpha value is -4.78. The first-order valence-electron chi connectivity index (χ1n) is 16.7. The van der Waals surface area contributed by atoms with Crippen molar-refractivity contribution < 1.29 is 21.5 Å². The van der Waals surface area contributed by atoms with Gasteiger partial charge >= 0.3 is 292 Å². The van der Waals surface area contributed by atoms with Crippen molar-refractivity contribution in [1.82, 2.24) is 7.68 Å². The van der Waals surface area contributed by atoms with E-state index in [0.717, 1.165) is 6.54 Å². The second kappa shape index (κ2) is 10.6. The first-order chi connectivity index (χ1) is 23.5. The maximum atomic E-state index is 5.63. The number of benzene rings is 7. The third-order valence-corrected chi connectivity index (χ3v) is 13.2. The Bertz CT molecular complexity index is 2600. The number of fused-ring (bicyclic) bond motifs is 9. The van der Waals surface area contributed by atoms with E-state index in [1.807, 2.05) is 0 Å². The van der Waals surface area contributed by atoms with Crippen LogP contribution < -0.4 is 21.5 Å². The van der Waals surface area contributed by atoms with E-state index in [2.05, 4.69) is 167 Å². The Morgan fingerprint density at radius 2 is 1.27 bits per heavy atom. The maximum absolute atomic E-state index is 5.63. The number of hydrogen-bond acceptors (Lipinski definition) is 2. The Morgan fingerprint density at radius 1 is 0.583 bits per heavy atom. The monoisotopic (exact) mass is 730 g/mol. The minimum absolute atomic E-state index is 0.0128. The average molecular weight is 731 g/mol. The van der Waals surface area contributed by atoms with Crippen LogP contribution in [0.5, 0.6) is 0 Å². The molecule has 1 atom stereocenters. The fraction of sp³-hybridized carbons (Fsp3) is 0.114. The molecule has 10 rings (SSSR count). The van der Waals surface area contributed by atoms with E-state index in [4.69, 9.17) is 4.99 Å². The third-order valence-electron chi connectivity index (χ3n) is 10.5. The average Bonchev–Trinajstić information content (AvgIpc) is 3.75. The van der Waals surface area contributed by atoms with Crippen molar-refractivity contribution in [1.29, 1.82) is 0 Å². The van der Waals surface area contributed by atoms with E-state index >= 15 is 0 Å². The van der Waals surface area contributed by atoms with Crippen LogP contribution in [0.2, 0.25) is 0 Å². The van der Waals surface area contributed by atoms with Crippen molar-refractivity contribution in [3.05, 3.63) is 168 Å². The van der Waals surface area contributed by atoms with Gasteiger partial charge in [-0.05, 0) is 0 Å². The normalized spacial score (nSPS) is 17.1. The SMILES string of the molecule is CC1(C)c2ccccc2-c2cc3c4cc5c(ccc6ccccc65)cc4n(C4=NC(c5ccccc5)N(Cc5ccccc5)[I-]4)c3cc21. The number of halogens is 1. The molecule has 2 aliphatic rings. The summed E-state index contributed by atoms with van der Waals surface area (Å²) in [5.41, 5.74) is 10.5. The van der Waals surface area contributed by atoms with Gasteiger partial charge < -0.3 is 0 Å². The molecule has 2 heterocycles. The van der Waals surface area contributed by atoms with Crippen LogP contribution in [-0.4, -0.2) is 11.5 Å². The molecule has 1 aliphatic carbocycles. The van der Waals surface area contributed by atoms with Gasteiger partial charge in [0, 0.05) is 0 Å². The quantitative estimate of drug-likeness (QED) is 0.103. The first kappa shape index (κ1) is 28.3. The van der Waals surface area contributed by atoms with Crippen molar-refractivity contribution in [2.45, 2.75) is 32.0 Å². The number of aromatic nitrogens is 1. The first-order valence-corrected chi connectivity index (χ1v) is 18.7. The van der Waals surface area contributed by atoms with Gasteiger partial charge in [0.1, 0.15) is 0 Å². The Labute approximate surface area is 290 Å². The summed E-state index contributed by atoms with van der Waals surface area (Å²) < 4.78 is 6.36. The molecule has 0 saturated heterocycles. The van der Waals surface area contributed by atoms with Gasteiger partial charge in [-0.3, -0.25) is 0 Å². The zero-order valence-corrected chi connectivity index (χ0v) is 29.0. The van der Waals surface area contributed by atoms with Crippen LogP contribution in [0.4, 0.5) is 0 Å². The van der Waals surface area contributed by atoms with Gasteiger partial charge in [0.25, 0.3) is 0 Å². The molecule has 8 aromatic rings. The molecule has 0 amide bonds. The van der Waals surface area contributed by atoms with Crippen LogP contribution in [0, 0.1) is 0 Å². The van der Waals surface area contributed by atoms with Gasteiger partial charge in [-0.1, -0.05) is 0 Å². The second-order valence-electron chi connectivity index (χ2n) is 13.6. The Balaban J connectivity index is 1.26. The standard InChI is InChI=1S/C44H33IN3/c1-44(2)38-20-12-11-19-33(38)35-25-37-36-24-34-31(22-21-29-15-9-10-18-32(29)34)23-40(36)48(41(37)26-39(35)44)43-45-47(27-28-13-5-3-6-14-28)42(46-43)30-16-7-4-8-17-30/h3-26,42H,27H2,1-2H3/q-1. The molecular weight excluding hydrogens is 697 g/mol. The van der Waals surface area contributed by atoms with Crippen molar-refractivity contribution in [3.63, 3.8) is 0 Å². The van der Waals surface area contributed by atoms with Crippen molar-refractivity contribution in [2.24, 2.45) is 4.99 Å². The molecule has 0 spiro atoms. The van der Waals surface area contributed by atoms with E-state index in [9.17, 15) is 0 Å². The van der Waals surface area contributed by atoms with Crippen LogP contribution >= 0.6 is 0 Å². The molecule has 1 unspecified atom stereocenters. The molecule has 0 radical (unpaired) electrons. The van der Waals surface area contributed by atoms with Crippen LogP contribution in [0.3, 0.4) is 0 Å². The zero-order valence-electron chi connectivity index (χ0n) is 26.9. The van der Waals surface area contributed by atoms with Crippen molar-refractivity contribution >= 4 is 47.2 Å². The molecule has 0 fully saturated rings. The second-order valence-corrected chi connectivity index (χ2v) is 16.3. The van der Waals surface area contributed by atoms with E-state index in [0.29, 0.717) is 0 Å². The molecule has 232 valence electrons. The molecule has 3 nitrogen and oxygen atoms in total. The number of nitrogens with zero attached hydrogens (tertiary/aromatic N) is 3. The zero-order chi connectivity index (χ0) is 32.0. The molecular formula is C44H33IN3-. The van der Waals surface area contributed by atoms with Gasteiger partial charge in [-0.15, -0.1) is 0 Å². The predicted octanol–water partition coefficient (Wildman–Crippen LogP) is 7.83. The third kappa shape index (κ3) is 4.19. The van der Waals surface area contributed by atoms with Gasteiger partial charge in [-0.2, -0.15) is 0 Å². The van der Waals surface area contributed by atoms with Crippen LogP contribution in [0.15, 0.2) is 151 Å². The van der Waals surface area contributed by atoms with Crippen molar-refractivity contribution in [2.75, 3.05) is 0 Å². The molecule has 0 bridgehead atoms. The van der Waals surface area contributed by atoms with Crippen molar-refractivity contribution in [3.8, 4) is 11.1 Å². The van der Waals surface area contributed by atoms with E-state index in [1.54, 1.807) is 0 Å². The predicted molar refractivity (Wildman–Crippen MR) is 196 cm³/mol. The molecule has 4 heteroatoms. The van der Waals surface area contributed by atoms with Gasteiger partial charge in [-0.25, -0.2) is 0 Å². The molecule has 7 aromatic carbocycles. The summed E-state index contributed by atoms with van der Waals surface area (Å²) in [6.07, 6.45) is -0.0128. The van der Waals surface area contributed by atoms with Crippen LogP contribution in [0.1, 0.15) is 42.3 Å². The van der Waals surface area contributed by atoms with Gasteiger partial charge in [0.2, 0.25) is 0 Å². The summed E-state index contributed by atoms with van der Waals surface area (Å²) in [7, 11) is 0. The molecule has 0 saturated carbocycles. The summed E-state index contributed by atoms with van der Waals surface area (Å²) in [6.45, 7) is 5.64. The Morgan fingerprint density at radius 3 is 2.12 bits per heavy atom. The number of hydrogen-bond donors (Lipinski definition) is 0. The van der Waals surface area contributed by atoms with Crippen LogP contribution in [-0.2, 0) is 12.0 Å². The van der Waals surface area contributed by atoms with E-state index in [-0.39, 0.29) is 11.6 Å². The van der Waals surface area contributed by atoms with Gasteiger partial charge in [0.05, 0.1) is 0 Å². The fourth-order valence-corrected chi connectivity index (χ4v) is 11.0. The van der Waals surface area contributed by atoms with Crippen LogP contribution in [0.25, 0.3) is 54.5 Å². The number of aliphatic imine (C=N–C) groups is 1. The summed E-state index contributed by atoms with van der Waals surface area (Å²) in [5.74, 6) is 0. The van der Waals surface area contributed by atoms with Gasteiger partial charge in [0.15, 0.2) is 0 Å². The number of rotatable bonds is 3. The van der Waals surface area contributed by atoms with E-state index in [1.165, 1.54) is 80.6 Å². The van der Waals surface area contributed by atoms with E-state index < -0.39 is 21.5 Å². The molecule has 1 aliphatic heterocycles. The Kier molecular flexibility index (Phi) is 6.25. The summed E-state index contributed by atoms with van der Waals surface area (Å²) in [6, 6.07) is 53.9. The minimum atomic E-state index is -0.588. The topological polar surface area (TPSA) is 20.5 Å². The molecule has 48 heavy (non-hydrogen) atoms. The summed E-state index contributed by atoms with van der Waals surface area (Å²) >= 11 is -0.588. The molecule has 1 aromatic heterocycles.